The van der Waals surface area contributed by atoms with E-state index >= 15 is 0 Å². The second-order valence-corrected chi connectivity index (χ2v) is 15.3. The lowest BCUT2D eigenvalue weighted by atomic mass is 9.33. The molecule has 59 heavy (non-hydrogen) atoms. The molecular formula is C53H34BN5. The van der Waals surface area contributed by atoms with Crippen molar-refractivity contribution >= 4 is 78.8 Å². The first-order chi connectivity index (χ1) is 29.3. The molecule has 3 heterocycles. The van der Waals surface area contributed by atoms with Crippen LogP contribution in [0.3, 0.4) is 0 Å². The Hall–Kier alpha value is -7.83. The van der Waals surface area contributed by atoms with Gasteiger partial charge < -0.3 is 9.80 Å². The Balaban J connectivity index is 1.18. The summed E-state index contributed by atoms with van der Waals surface area (Å²) in [6.45, 7) is -0.0497. The molecule has 2 aliphatic heterocycles. The summed E-state index contributed by atoms with van der Waals surface area (Å²) in [5, 5.41) is 4.81. The minimum absolute atomic E-state index is 0.0497. The van der Waals surface area contributed by atoms with Gasteiger partial charge in [-0.2, -0.15) is 0 Å². The Kier molecular flexibility index (Phi) is 7.57. The zero-order valence-electron chi connectivity index (χ0n) is 31.9. The molecule has 0 N–H and O–H groups in total. The minimum atomic E-state index is -0.0497. The van der Waals surface area contributed by atoms with Gasteiger partial charge in [0.25, 0.3) is 6.71 Å². The average molecular weight is 752 g/mol. The van der Waals surface area contributed by atoms with Gasteiger partial charge in [-0.05, 0) is 85.8 Å². The van der Waals surface area contributed by atoms with E-state index in [1.54, 1.807) is 12.7 Å². The van der Waals surface area contributed by atoms with Gasteiger partial charge in [0.15, 0.2) is 5.82 Å². The van der Waals surface area contributed by atoms with E-state index in [4.69, 9.17) is 9.97 Å². The van der Waals surface area contributed by atoms with Crippen LogP contribution in [0.5, 0.6) is 0 Å². The van der Waals surface area contributed by atoms with Crippen molar-refractivity contribution in [3.63, 3.8) is 0 Å². The summed E-state index contributed by atoms with van der Waals surface area (Å²) in [4.78, 5) is 18.6. The van der Waals surface area contributed by atoms with Gasteiger partial charge in [-0.25, -0.2) is 15.0 Å². The van der Waals surface area contributed by atoms with Crippen molar-refractivity contribution in [2.24, 2.45) is 0 Å². The van der Waals surface area contributed by atoms with Crippen LogP contribution in [0.2, 0.25) is 0 Å². The molecule has 0 bridgehead atoms. The molecule has 6 heteroatoms. The molecule has 0 aliphatic carbocycles. The van der Waals surface area contributed by atoms with Crippen LogP contribution in [0.1, 0.15) is 0 Å². The third-order valence-corrected chi connectivity index (χ3v) is 12.1. The molecule has 5 nitrogen and oxygen atoms in total. The SMILES string of the molecule is c1ccc(-c2ccc(N3c4cc(-c5ncncn5)cc5c4B(c4ccc6ccccc6c43)c3ccc4ccccc4c3N5c3ccc(-c4ccccc4)cc3)cc2)cc1. The molecule has 12 rings (SSSR count). The van der Waals surface area contributed by atoms with Crippen molar-refractivity contribution in [3.8, 4) is 33.6 Å². The summed E-state index contributed by atoms with van der Waals surface area (Å²) in [5.41, 5.74) is 16.2. The van der Waals surface area contributed by atoms with Gasteiger partial charge >= 0.3 is 0 Å². The van der Waals surface area contributed by atoms with Crippen LogP contribution < -0.4 is 26.2 Å². The summed E-state index contributed by atoms with van der Waals surface area (Å²) in [7, 11) is 0. The predicted octanol–water partition coefficient (Wildman–Crippen LogP) is 11.3. The standard InChI is InChI=1S/C53H34BN5/c1-3-11-35(12-4-1)37-19-25-42(26-20-37)58-48-31-41(53-56-33-55-34-57-53)32-49-50(48)54(46-29-23-39-15-7-9-17-44(39)51(46)58)47-30-24-40-16-8-10-18-45(40)52(47)59(49)43-27-21-38(22-28-43)36-13-5-2-6-14-36/h1-34H. The van der Waals surface area contributed by atoms with Crippen molar-refractivity contribution in [2.45, 2.75) is 0 Å². The number of hydrogen-bond donors (Lipinski definition) is 0. The van der Waals surface area contributed by atoms with Crippen molar-refractivity contribution in [1.82, 2.24) is 15.0 Å². The van der Waals surface area contributed by atoms with Crippen LogP contribution >= 0.6 is 0 Å². The number of anilines is 6. The fourth-order valence-electron chi connectivity index (χ4n) is 9.44. The molecule has 2 aliphatic rings. The molecule has 1 aromatic heterocycles. The summed E-state index contributed by atoms with van der Waals surface area (Å²) >= 11 is 0. The Morgan fingerprint density at radius 1 is 0.373 bits per heavy atom. The third kappa shape index (κ3) is 5.30. The topological polar surface area (TPSA) is 45.2 Å². The second-order valence-electron chi connectivity index (χ2n) is 15.3. The van der Waals surface area contributed by atoms with Gasteiger partial charge in [-0.15, -0.1) is 0 Å². The first-order valence-electron chi connectivity index (χ1n) is 20.0. The Labute approximate surface area is 342 Å². The molecule has 0 unspecified atom stereocenters. The van der Waals surface area contributed by atoms with Gasteiger partial charge in [-0.1, -0.05) is 158 Å². The number of hydrogen-bond acceptors (Lipinski definition) is 5. The first-order valence-corrected chi connectivity index (χ1v) is 20.0. The number of rotatable bonds is 5. The summed E-state index contributed by atoms with van der Waals surface area (Å²) in [6, 6.07) is 70.7. The van der Waals surface area contributed by atoms with Crippen LogP contribution in [0, 0.1) is 0 Å². The van der Waals surface area contributed by atoms with Crippen molar-refractivity contribution in [1.29, 1.82) is 0 Å². The zero-order valence-corrected chi connectivity index (χ0v) is 31.9. The van der Waals surface area contributed by atoms with E-state index in [9.17, 15) is 0 Å². The molecule has 0 saturated heterocycles. The molecular weight excluding hydrogens is 717 g/mol. The highest BCUT2D eigenvalue weighted by Gasteiger charge is 2.44. The zero-order chi connectivity index (χ0) is 38.9. The molecule has 0 atom stereocenters. The molecule has 10 aromatic rings. The van der Waals surface area contributed by atoms with Crippen molar-refractivity contribution < 1.29 is 0 Å². The predicted molar refractivity (Wildman–Crippen MR) is 245 cm³/mol. The van der Waals surface area contributed by atoms with E-state index in [0.29, 0.717) is 5.82 Å². The average Bonchev–Trinajstić information content (AvgIpc) is 3.32. The van der Waals surface area contributed by atoms with E-state index in [0.717, 1.165) is 28.3 Å². The summed E-state index contributed by atoms with van der Waals surface area (Å²) in [6.07, 6.45) is 3.17. The van der Waals surface area contributed by atoms with E-state index in [1.165, 1.54) is 71.6 Å². The van der Waals surface area contributed by atoms with Gasteiger partial charge in [0.1, 0.15) is 12.7 Å². The van der Waals surface area contributed by atoms with Crippen LogP contribution in [0.25, 0.3) is 55.2 Å². The molecule has 9 aromatic carbocycles. The van der Waals surface area contributed by atoms with E-state index < -0.39 is 0 Å². The smallest absolute Gasteiger partial charge is 0.252 e. The lowest BCUT2D eigenvalue weighted by molar-refractivity contribution is 1.06. The summed E-state index contributed by atoms with van der Waals surface area (Å²) < 4.78 is 0. The van der Waals surface area contributed by atoms with Crippen LogP contribution in [-0.2, 0) is 0 Å². The Bertz CT molecular complexity index is 3010. The van der Waals surface area contributed by atoms with Crippen LogP contribution in [0.4, 0.5) is 34.1 Å². The molecule has 0 fully saturated rings. The monoisotopic (exact) mass is 751 g/mol. The Morgan fingerprint density at radius 2 is 0.797 bits per heavy atom. The largest absolute Gasteiger partial charge is 0.311 e. The fourth-order valence-corrected chi connectivity index (χ4v) is 9.44. The van der Waals surface area contributed by atoms with Crippen molar-refractivity contribution in [3.05, 3.63) is 207 Å². The van der Waals surface area contributed by atoms with Gasteiger partial charge in [-0.3, -0.25) is 0 Å². The van der Waals surface area contributed by atoms with Crippen LogP contribution in [0.15, 0.2) is 207 Å². The molecule has 0 saturated carbocycles. The first kappa shape index (κ1) is 33.3. The fraction of sp³-hybridized carbons (Fsp3) is 0. The highest BCUT2D eigenvalue weighted by Crippen LogP contribution is 2.49. The van der Waals surface area contributed by atoms with Crippen LogP contribution in [-0.4, -0.2) is 21.7 Å². The number of benzene rings is 9. The number of fused-ring (bicyclic) bond motifs is 8. The van der Waals surface area contributed by atoms with Gasteiger partial charge in [0.2, 0.25) is 0 Å². The maximum Gasteiger partial charge on any atom is 0.252 e. The lowest BCUT2D eigenvalue weighted by Gasteiger charge is -2.45. The normalized spacial score (nSPS) is 12.6. The molecule has 0 radical (unpaired) electrons. The Morgan fingerprint density at radius 3 is 1.27 bits per heavy atom. The maximum absolute atomic E-state index is 4.73. The lowest BCUT2D eigenvalue weighted by Crippen LogP contribution is -2.61. The molecule has 0 amide bonds. The van der Waals surface area contributed by atoms with E-state index in [-0.39, 0.29) is 6.71 Å². The van der Waals surface area contributed by atoms with Gasteiger partial charge in [0, 0.05) is 50.5 Å². The van der Waals surface area contributed by atoms with E-state index in [2.05, 4.69) is 209 Å². The second kappa shape index (κ2) is 13.4. The summed E-state index contributed by atoms with van der Waals surface area (Å²) in [5.74, 6) is 0.627. The third-order valence-electron chi connectivity index (χ3n) is 12.1. The van der Waals surface area contributed by atoms with Crippen molar-refractivity contribution in [2.75, 3.05) is 9.80 Å². The quantitative estimate of drug-likeness (QED) is 0.164. The highest BCUT2D eigenvalue weighted by atomic mass is 15.2. The minimum Gasteiger partial charge on any atom is -0.311 e. The maximum atomic E-state index is 4.73. The molecule has 274 valence electrons. The highest BCUT2D eigenvalue weighted by molar-refractivity contribution is 7.00. The van der Waals surface area contributed by atoms with Gasteiger partial charge in [0.05, 0.1) is 0 Å². The number of aromatic nitrogens is 3. The van der Waals surface area contributed by atoms with E-state index in [1.807, 2.05) is 0 Å². The number of nitrogens with zero attached hydrogens (tertiary/aromatic N) is 5. The molecule has 0 spiro atoms.